The van der Waals surface area contributed by atoms with Crippen LogP contribution in [0.3, 0.4) is 0 Å². The number of rotatable bonds is 6. The number of fused-ring (bicyclic) bond motifs is 1. The summed E-state index contributed by atoms with van der Waals surface area (Å²) in [5.41, 5.74) is 3.86. The maximum Gasteiger partial charge on any atom is 0.261 e. The predicted molar refractivity (Wildman–Crippen MR) is 127 cm³/mol. The van der Waals surface area contributed by atoms with Crippen molar-refractivity contribution in [1.82, 2.24) is 4.98 Å². The van der Waals surface area contributed by atoms with Gasteiger partial charge < -0.3 is 4.74 Å². The minimum absolute atomic E-state index is 0.112. The summed E-state index contributed by atoms with van der Waals surface area (Å²) in [6, 6.07) is 16.3. The lowest BCUT2D eigenvalue weighted by Crippen LogP contribution is -2.14. The van der Waals surface area contributed by atoms with Crippen molar-refractivity contribution in [3.05, 3.63) is 77.4 Å². The lowest BCUT2D eigenvalue weighted by molar-refractivity contribution is 0.102. The van der Waals surface area contributed by atoms with E-state index in [0.717, 1.165) is 21.3 Å². The number of ether oxygens (including phenoxy) is 1. The molecule has 2 N–H and O–H groups in total. The summed E-state index contributed by atoms with van der Waals surface area (Å²) in [5.74, 6) is 0.251. The molecule has 1 aromatic heterocycles. The molecule has 0 aliphatic carbocycles. The van der Waals surface area contributed by atoms with E-state index >= 15 is 0 Å². The van der Waals surface area contributed by atoms with Crippen LogP contribution in [0.5, 0.6) is 5.75 Å². The van der Waals surface area contributed by atoms with Crippen LogP contribution in [-0.4, -0.2) is 26.4 Å². The highest BCUT2D eigenvalue weighted by atomic mass is 32.2. The van der Waals surface area contributed by atoms with Crippen molar-refractivity contribution < 1.29 is 17.9 Å². The Morgan fingerprint density at radius 2 is 1.66 bits per heavy atom. The van der Waals surface area contributed by atoms with Crippen molar-refractivity contribution >= 4 is 48.3 Å². The highest BCUT2D eigenvalue weighted by Gasteiger charge is 2.16. The number of aryl methyl sites for hydroxylation is 2. The molecule has 0 saturated heterocycles. The SMILES string of the molecule is COc1ccc(S(=O)(=O)Nc2ccc(C(=O)Nc3nc4c(C)c(C)ccc4s3)cc2)cc1. The molecule has 0 bridgehead atoms. The Labute approximate surface area is 190 Å². The lowest BCUT2D eigenvalue weighted by atomic mass is 10.1. The molecule has 4 aromatic rings. The highest BCUT2D eigenvalue weighted by molar-refractivity contribution is 7.92. The number of methoxy groups -OCH3 is 1. The van der Waals surface area contributed by atoms with E-state index in [9.17, 15) is 13.2 Å². The number of nitrogens with zero attached hydrogens (tertiary/aromatic N) is 1. The maximum atomic E-state index is 12.6. The number of carbonyl (C=O) groups is 1. The first-order valence-electron chi connectivity index (χ1n) is 9.72. The summed E-state index contributed by atoms with van der Waals surface area (Å²) in [7, 11) is -2.24. The van der Waals surface area contributed by atoms with Crippen LogP contribution in [0.25, 0.3) is 10.2 Å². The third-order valence-corrected chi connectivity index (χ3v) is 7.41. The summed E-state index contributed by atoms with van der Waals surface area (Å²) < 4.78 is 33.7. The van der Waals surface area contributed by atoms with E-state index in [2.05, 4.69) is 15.0 Å². The molecular weight excluding hydrogens is 446 g/mol. The zero-order valence-corrected chi connectivity index (χ0v) is 19.3. The van der Waals surface area contributed by atoms with Crippen molar-refractivity contribution in [2.24, 2.45) is 0 Å². The van der Waals surface area contributed by atoms with Crippen LogP contribution < -0.4 is 14.8 Å². The van der Waals surface area contributed by atoms with E-state index in [-0.39, 0.29) is 10.8 Å². The number of benzene rings is 3. The highest BCUT2D eigenvalue weighted by Crippen LogP contribution is 2.30. The normalized spacial score (nSPS) is 11.3. The molecule has 32 heavy (non-hydrogen) atoms. The summed E-state index contributed by atoms with van der Waals surface area (Å²) in [6.45, 7) is 4.03. The fourth-order valence-electron chi connectivity index (χ4n) is 3.11. The molecule has 3 aromatic carbocycles. The topological polar surface area (TPSA) is 97.4 Å². The fourth-order valence-corrected chi connectivity index (χ4v) is 5.09. The molecule has 0 fully saturated rings. The largest absolute Gasteiger partial charge is 0.497 e. The molecule has 7 nitrogen and oxygen atoms in total. The standard InChI is InChI=1S/C23H21N3O4S2/c1-14-4-13-20-21(15(14)2)24-23(31-20)25-22(27)16-5-7-17(8-6-16)26-32(28,29)19-11-9-18(30-3)10-12-19/h4-13,26H,1-3H3,(H,24,25,27). The number of hydrogen-bond donors (Lipinski definition) is 2. The van der Waals surface area contributed by atoms with Gasteiger partial charge in [-0.25, -0.2) is 13.4 Å². The van der Waals surface area contributed by atoms with Crippen LogP contribution in [0.15, 0.2) is 65.6 Å². The van der Waals surface area contributed by atoms with Gasteiger partial charge in [0, 0.05) is 11.3 Å². The summed E-state index contributed by atoms with van der Waals surface area (Å²) in [6.07, 6.45) is 0. The molecule has 0 saturated carbocycles. The van der Waals surface area contributed by atoms with Gasteiger partial charge in [0.05, 0.1) is 22.2 Å². The number of sulfonamides is 1. The maximum absolute atomic E-state index is 12.6. The first kappa shape index (κ1) is 21.8. The number of hydrogen-bond acceptors (Lipinski definition) is 6. The Morgan fingerprint density at radius 1 is 0.969 bits per heavy atom. The summed E-state index contributed by atoms with van der Waals surface area (Å²) in [5, 5.41) is 3.33. The lowest BCUT2D eigenvalue weighted by Gasteiger charge is -2.09. The monoisotopic (exact) mass is 467 g/mol. The zero-order valence-electron chi connectivity index (χ0n) is 17.7. The van der Waals surface area contributed by atoms with Gasteiger partial charge in [-0.2, -0.15) is 0 Å². The van der Waals surface area contributed by atoms with Crippen LogP contribution >= 0.6 is 11.3 Å². The van der Waals surface area contributed by atoms with Crippen LogP contribution in [0, 0.1) is 13.8 Å². The molecule has 1 amide bonds. The molecule has 4 rings (SSSR count). The predicted octanol–water partition coefficient (Wildman–Crippen LogP) is 4.97. The first-order chi connectivity index (χ1) is 15.3. The molecule has 0 aliphatic rings. The van der Waals surface area contributed by atoms with E-state index in [0.29, 0.717) is 22.1 Å². The minimum Gasteiger partial charge on any atom is -0.497 e. The molecule has 0 spiro atoms. The van der Waals surface area contributed by atoms with Crippen molar-refractivity contribution in [2.45, 2.75) is 18.7 Å². The van der Waals surface area contributed by atoms with Crippen molar-refractivity contribution in [2.75, 3.05) is 17.1 Å². The van der Waals surface area contributed by atoms with Gasteiger partial charge in [-0.1, -0.05) is 17.4 Å². The Morgan fingerprint density at radius 3 is 2.31 bits per heavy atom. The van der Waals surface area contributed by atoms with E-state index in [1.807, 2.05) is 26.0 Å². The van der Waals surface area contributed by atoms with Crippen molar-refractivity contribution in [1.29, 1.82) is 0 Å². The Hall–Kier alpha value is -3.43. The van der Waals surface area contributed by atoms with Gasteiger partial charge in [-0.3, -0.25) is 14.8 Å². The molecule has 0 atom stereocenters. The average molecular weight is 468 g/mol. The van der Waals surface area contributed by atoms with Gasteiger partial charge in [-0.05, 0) is 79.6 Å². The molecule has 9 heteroatoms. The number of thiazole rings is 1. The molecule has 164 valence electrons. The third kappa shape index (κ3) is 4.44. The Bertz CT molecular complexity index is 1390. The van der Waals surface area contributed by atoms with Gasteiger partial charge in [0.15, 0.2) is 5.13 Å². The first-order valence-corrected chi connectivity index (χ1v) is 12.0. The second-order valence-corrected chi connectivity index (χ2v) is 9.90. The number of carbonyl (C=O) groups excluding carboxylic acids is 1. The van der Waals surface area contributed by atoms with Crippen LogP contribution in [0.4, 0.5) is 10.8 Å². The molecular formula is C23H21N3O4S2. The van der Waals surface area contributed by atoms with E-state index < -0.39 is 10.0 Å². The molecule has 0 aliphatic heterocycles. The number of amides is 1. The van der Waals surface area contributed by atoms with Crippen molar-refractivity contribution in [3.63, 3.8) is 0 Å². The quantitative estimate of drug-likeness (QED) is 0.417. The van der Waals surface area contributed by atoms with Crippen LogP contribution in [-0.2, 0) is 10.0 Å². The summed E-state index contributed by atoms with van der Waals surface area (Å²) >= 11 is 1.41. The smallest absolute Gasteiger partial charge is 0.261 e. The molecule has 0 unspecified atom stereocenters. The van der Waals surface area contributed by atoms with Crippen LogP contribution in [0.1, 0.15) is 21.5 Å². The number of anilines is 2. The van der Waals surface area contributed by atoms with Gasteiger partial charge in [-0.15, -0.1) is 0 Å². The zero-order chi connectivity index (χ0) is 22.9. The van der Waals surface area contributed by atoms with Gasteiger partial charge in [0.1, 0.15) is 5.75 Å². The number of nitrogens with one attached hydrogen (secondary N) is 2. The van der Waals surface area contributed by atoms with Crippen LogP contribution in [0.2, 0.25) is 0 Å². The molecule has 0 radical (unpaired) electrons. The van der Waals surface area contributed by atoms with E-state index in [1.165, 1.54) is 30.6 Å². The average Bonchev–Trinajstić information content (AvgIpc) is 3.20. The second-order valence-electron chi connectivity index (χ2n) is 7.19. The minimum atomic E-state index is -3.76. The number of aromatic nitrogens is 1. The Kier molecular flexibility index (Phi) is 5.86. The Balaban J connectivity index is 1.47. The summed E-state index contributed by atoms with van der Waals surface area (Å²) in [4.78, 5) is 17.3. The van der Waals surface area contributed by atoms with E-state index in [1.54, 1.807) is 36.4 Å². The third-order valence-electron chi connectivity index (χ3n) is 5.07. The van der Waals surface area contributed by atoms with Gasteiger partial charge in [0.25, 0.3) is 15.9 Å². The van der Waals surface area contributed by atoms with Gasteiger partial charge >= 0.3 is 0 Å². The second kappa shape index (κ2) is 8.60. The van der Waals surface area contributed by atoms with E-state index in [4.69, 9.17) is 4.74 Å². The fraction of sp³-hybridized carbons (Fsp3) is 0.130. The molecule has 1 heterocycles. The van der Waals surface area contributed by atoms with Gasteiger partial charge in [0.2, 0.25) is 0 Å². The van der Waals surface area contributed by atoms with Crippen molar-refractivity contribution in [3.8, 4) is 5.75 Å².